The van der Waals surface area contributed by atoms with Gasteiger partial charge in [0.25, 0.3) is 0 Å². The third-order valence-corrected chi connectivity index (χ3v) is 4.45. The summed E-state index contributed by atoms with van der Waals surface area (Å²) in [5.74, 6) is 1.10. The van der Waals surface area contributed by atoms with Crippen molar-refractivity contribution in [3.63, 3.8) is 0 Å². The molecule has 0 amide bonds. The number of benzene rings is 2. The Morgan fingerprint density at radius 1 is 1.13 bits per heavy atom. The van der Waals surface area contributed by atoms with Gasteiger partial charge in [-0.15, -0.1) is 0 Å². The van der Waals surface area contributed by atoms with Crippen LogP contribution >= 0.6 is 11.6 Å². The fraction of sp³-hybridized carbons (Fsp3) is 0.316. The highest BCUT2D eigenvalue weighted by Gasteiger charge is 2.18. The Hall–Kier alpha value is -1.84. The molecule has 0 saturated carbocycles. The van der Waals surface area contributed by atoms with E-state index in [4.69, 9.17) is 16.3 Å². The predicted octanol–water partition coefficient (Wildman–Crippen LogP) is 4.18. The topological polar surface area (TPSA) is 24.8 Å². The highest BCUT2D eigenvalue weighted by atomic mass is 35.5. The molecule has 0 aromatic heterocycles. The number of amidine groups is 1. The van der Waals surface area contributed by atoms with Crippen molar-refractivity contribution in [1.29, 1.82) is 0 Å². The van der Waals surface area contributed by atoms with Crippen molar-refractivity contribution in [2.45, 2.75) is 13.0 Å². The molecule has 0 radical (unpaired) electrons. The maximum Gasteiger partial charge on any atom is 0.109 e. The monoisotopic (exact) mass is 328 g/mol. The lowest BCUT2D eigenvalue weighted by Crippen LogP contribution is -2.30. The van der Waals surface area contributed by atoms with Crippen LogP contribution in [0.15, 0.2) is 59.6 Å². The molecule has 0 N–H and O–H groups in total. The van der Waals surface area contributed by atoms with Gasteiger partial charge in [0.1, 0.15) is 6.10 Å². The largest absolute Gasteiger partial charge is 0.367 e. The summed E-state index contributed by atoms with van der Waals surface area (Å²) < 4.78 is 6.22. The maximum absolute atomic E-state index is 6.39. The van der Waals surface area contributed by atoms with E-state index in [-0.39, 0.29) is 6.10 Å². The fourth-order valence-electron chi connectivity index (χ4n) is 2.83. The van der Waals surface area contributed by atoms with Gasteiger partial charge in [-0.25, -0.2) is 0 Å². The van der Waals surface area contributed by atoms with Crippen molar-refractivity contribution in [3.8, 4) is 0 Å². The third-order valence-electron chi connectivity index (χ3n) is 4.10. The van der Waals surface area contributed by atoms with Crippen LogP contribution in [0.1, 0.15) is 24.2 Å². The van der Waals surface area contributed by atoms with Gasteiger partial charge in [0, 0.05) is 23.7 Å². The molecular formula is C19H21ClN2O. The van der Waals surface area contributed by atoms with Gasteiger partial charge < -0.3 is 9.64 Å². The predicted molar refractivity (Wildman–Crippen MR) is 95.2 cm³/mol. The molecule has 1 atom stereocenters. The lowest BCUT2D eigenvalue weighted by Gasteiger charge is -2.23. The van der Waals surface area contributed by atoms with Crippen LogP contribution in [0.4, 0.5) is 0 Å². The average molecular weight is 329 g/mol. The van der Waals surface area contributed by atoms with Crippen molar-refractivity contribution in [2.24, 2.45) is 4.99 Å². The number of halogens is 1. The molecule has 2 aromatic carbocycles. The molecule has 1 aliphatic heterocycles. The first-order valence-corrected chi connectivity index (χ1v) is 8.30. The van der Waals surface area contributed by atoms with Gasteiger partial charge in [-0.2, -0.15) is 0 Å². The second-order valence-corrected chi connectivity index (χ2v) is 6.01. The van der Waals surface area contributed by atoms with Crippen LogP contribution in [0.3, 0.4) is 0 Å². The van der Waals surface area contributed by atoms with E-state index in [1.807, 2.05) is 42.5 Å². The Morgan fingerprint density at radius 2 is 1.87 bits per heavy atom. The molecule has 1 aliphatic rings. The van der Waals surface area contributed by atoms with E-state index in [1.165, 1.54) is 0 Å². The molecule has 4 heteroatoms. The highest BCUT2D eigenvalue weighted by molar-refractivity contribution is 6.31. The summed E-state index contributed by atoms with van der Waals surface area (Å²) in [5, 5.41) is 0.736. The van der Waals surface area contributed by atoms with E-state index < -0.39 is 0 Å². The molecule has 1 heterocycles. The van der Waals surface area contributed by atoms with E-state index in [1.54, 1.807) is 0 Å². The van der Waals surface area contributed by atoms with E-state index in [0.29, 0.717) is 6.61 Å². The molecule has 3 nitrogen and oxygen atoms in total. The Morgan fingerprint density at radius 3 is 2.57 bits per heavy atom. The molecule has 0 spiro atoms. The lowest BCUT2D eigenvalue weighted by atomic mass is 10.0. The molecule has 1 unspecified atom stereocenters. The van der Waals surface area contributed by atoms with E-state index in [9.17, 15) is 0 Å². The zero-order valence-electron chi connectivity index (χ0n) is 13.3. The Kier molecular flexibility index (Phi) is 5.31. The second-order valence-electron chi connectivity index (χ2n) is 5.60. The van der Waals surface area contributed by atoms with Crippen molar-refractivity contribution in [3.05, 3.63) is 70.7 Å². The lowest BCUT2D eigenvalue weighted by molar-refractivity contribution is 0.0721. The van der Waals surface area contributed by atoms with E-state index in [0.717, 1.165) is 41.6 Å². The summed E-state index contributed by atoms with van der Waals surface area (Å²) >= 11 is 6.39. The first-order valence-electron chi connectivity index (χ1n) is 7.92. The SMILES string of the molecule is CC1=NCCN1CCOC(c1ccccc1)c1ccccc1Cl. The van der Waals surface area contributed by atoms with Crippen molar-refractivity contribution < 1.29 is 4.74 Å². The van der Waals surface area contributed by atoms with Crippen LogP contribution in [-0.4, -0.2) is 37.0 Å². The molecule has 120 valence electrons. The maximum atomic E-state index is 6.39. The van der Waals surface area contributed by atoms with Gasteiger partial charge in [0.05, 0.1) is 19.0 Å². The summed E-state index contributed by atoms with van der Waals surface area (Å²) in [5.41, 5.74) is 2.12. The first kappa shape index (κ1) is 16.0. The molecule has 0 bridgehead atoms. The first-order chi connectivity index (χ1) is 11.3. The number of hydrogen-bond donors (Lipinski definition) is 0. The van der Waals surface area contributed by atoms with E-state index in [2.05, 4.69) is 28.9 Å². The van der Waals surface area contributed by atoms with Gasteiger partial charge >= 0.3 is 0 Å². The molecule has 23 heavy (non-hydrogen) atoms. The minimum Gasteiger partial charge on any atom is -0.367 e. The highest BCUT2D eigenvalue weighted by Crippen LogP contribution is 2.31. The molecule has 2 aromatic rings. The minimum atomic E-state index is -0.148. The van der Waals surface area contributed by atoms with Crippen LogP contribution in [0.25, 0.3) is 0 Å². The van der Waals surface area contributed by atoms with Crippen LogP contribution in [0.2, 0.25) is 5.02 Å². The van der Waals surface area contributed by atoms with Gasteiger partial charge in [0.15, 0.2) is 0 Å². The fourth-order valence-corrected chi connectivity index (χ4v) is 3.06. The van der Waals surface area contributed by atoms with Gasteiger partial charge in [-0.1, -0.05) is 60.1 Å². The number of rotatable bonds is 6. The summed E-state index contributed by atoms with van der Waals surface area (Å²) in [6.07, 6.45) is -0.148. The molecule has 3 rings (SSSR count). The molecule has 0 fully saturated rings. The van der Waals surface area contributed by atoms with Crippen LogP contribution in [0.5, 0.6) is 0 Å². The van der Waals surface area contributed by atoms with Crippen molar-refractivity contribution in [2.75, 3.05) is 26.2 Å². The quantitative estimate of drug-likeness (QED) is 0.794. The normalized spacial score (nSPS) is 15.6. The summed E-state index contributed by atoms with van der Waals surface area (Å²) in [4.78, 5) is 6.67. The standard InChI is InChI=1S/C19H21ClN2O/c1-15-21-11-12-22(15)13-14-23-19(16-7-3-2-4-8-16)17-9-5-6-10-18(17)20/h2-10,19H,11-14H2,1H3. The van der Waals surface area contributed by atoms with Crippen LogP contribution < -0.4 is 0 Å². The Labute approximate surface area is 142 Å². The van der Waals surface area contributed by atoms with Crippen molar-refractivity contribution in [1.82, 2.24) is 4.90 Å². The second kappa shape index (κ2) is 7.62. The Balaban J connectivity index is 1.74. The number of aliphatic imine (C=N–C) groups is 1. The van der Waals surface area contributed by atoms with Gasteiger partial charge in [-0.3, -0.25) is 4.99 Å². The average Bonchev–Trinajstić information content (AvgIpc) is 2.99. The zero-order valence-corrected chi connectivity index (χ0v) is 14.0. The van der Waals surface area contributed by atoms with Gasteiger partial charge in [-0.05, 0) is 18.6 Å². The summed E-state index contributed by atoms with van der Waals surface area (Å²) in [6.45, 7) is 5.41. The van der Waals surface area contributed by atoms with Crippen LogP contribution in [0, 0.1) is 0 Å². The molecular weight excluding hydrogens is 308 g/mol. The number of nitrogens with zero attached hydrogens (tertiary/aromatic N) is 2. The number of hydrogen-bond acceptors (Lipinski definition) is 3. The molecule has 0 saturated heterocycles. The smallest absolute Gasteiger partial charge is 0.109 e. The van der Waals surface area contributed by atoms with Gasteiger partial charge in [0.2, 0.25) is 0 Å². The summed E-state index contributed by atoms with van der Waals surface area (Å²) in [6, 6.07) is 18.1. The van der Waals surface area contributed by atoms with Crippen LogP contribution in [-0.2, 0) is 4.74 Å². The minimum absolute atomic E-state index is 0.148. The third kappa shape index (κ3) is 3.92. The van der Waals surface area contributed by atoms with Crippen molar-refractivity contribution >= 4 is 17.4 Å². The zero-order chi connectivity index (χ0) is 16.1. The summed E-state index contributed by atoms with van der Waals surface area (Å²) in [7, 11) is 0. The molecule has 0 aliphatic carbocycles. The number of ether oxygens (including phenoxy) is 1. The van der Waals surface area contributed by atoms with E-state index >= 15 is 0 Å². The Bertz CT molecular complexity index is 672.